The number of carbonyl (C=O) groups excluding carboxylic acids is 1. The van der Waals surface area contributed by atoms with Crippen LogP contribution in [0.25, 0.3) is 0 Å². The summed E-state index contributed by atoms with van der Waals surface area (Å²) in [6.45, 7) is 3.56. The molecule has 1 amide bonds. The van der Waals surface area contributed by atoms with Gasteiger partial charge in [-0.1, -0.05) is 19.1 Å². The molecule has 0 spiro atoms. The van der Waals surface area contributed by atoms with E-state index in [2.05, 4.69) is 12.2 Å². The van der Waals surface area contributed by atoms with E-state index in [1.165, 1.54) is 0 Å². The van der Waals surface area contributed by atoms with E-state index in [-0.39, 0.29) is 17.2 Å². The molecule has 1 heterocycles. The second kappa shape index (κ2) is 4.98. The normalized spacial score (nSPS) is 27.1. The molecule has 1 aromatic rings. The topological polar surface area (TPSA) is 64.3 Å². The molecule has 1 aliphatic heterocycles. The van der Waals surface area contributed by atoms with Crippen molar-refractivity contribution in [3.8, 4) is 5.75 Å². The Morgan fingerprint density at radius 3 is 2.67 bits per heavy atom. The quantitative estimate of drug-likeness (QED) is 0.837. The monoisotopic (exact) mass is 248 g/mol. The Morgan fingerprint density at radius 2 is 2.17 bits per heavy atom. The van der Waals surface area contributed by atoms with Crippen molar-refractivity contribution >= 4 is 5.91 Å². The lowest BCUT2D eigenvalue weighted by molar-refractivity contribution is -0.122. The van der Waals surface area contributed by atoms with Crippen LogP contribution in [0.15, 0.2) is 24.3 Å². The largest absolute Gasteiger partial charge is 0.497 e. The molecule has 0 bridgehead atoms. The molecule has 1 saturated heterocycles. The predicted molar refractivity (Wildman–Crippen MR) is 70.5 cm³/mol. The molecule has 1 aromatic carbocycles. The van der Waals surface area contributed by atoms with E-state index in [4.69, 9.17) is 10.5 Å². The zero-order valence-corrected chi connectivity index (χ0v) is 10.9. The highest BCUT2D eigenvalue weighted by Gasteiger charge is 2.45. The Kier molecular flexibility index (Phi) is 3.57. The summed E-state index contributed by atoms with van der Waals surface area (Å²) in [5.41, 5.74) is 6.51. The SMILES string of the molecule is CCC1(c2ccc(OC)cc2)CNCC1C(N)=O. The summed E-state index contributed by atoms with van der Waals surface area (Å²) in [7, 11) is 1.65. The second-order valence-electron chi connectivity index (χ2n) is 4.82. The standard InChI is InChI=1S/C14H20N2O2/c1-3-14(9-16-8-12(14)13(15)17)10-4-6-11(18-2)7-5-10/h4-7,12,16H,3,8-9H2,1-2H3,(H2,15,17). The van der Waals surface area contributed by atoms with Crippen molar-refractivity contribution in [3.05, 3.63) is 29.8 Å². The number of benzene rings is 1. The highest BCUT2D eigenvalue weighted by Crippen LogP contribution is 2.39. The van der Waals surface area contributed by atoms with Gasteiger partial charge in [0.25, 0.3) is 0 Å². The van der Waals surface area contributed by atoms with Crippen LogP contribution in [-0.4, -0.2) is 26.1 Å². The van der Waals surface area contributed by atoms with Crippen LogP contribution in [0.3, 0.4) is 0 Å². The van der Waals surface area contributed by atoms with Gasteiger partial charge in [-0.05, 0) is 24.1 Å². The number of ether oxygens (including phenoxy) is 1. The van der Waals surface area contributed by atoms with E-state index in [0.717, 1.165) is 24.3 Å². The van der Waals surface area contributed by atoms with Gasteiger partial charge in [0.1, 0.15) is 5.75 Å². The highest BCUT2D eigenvalue weighted by atomic mass is 16.5. The minimum atomic E-state index is -0.224. The van der Waals surface area contributed by atoms with E-state index in [1.807, 2.05) is 24.3 Å². The van der Waals surface area contributed by atoms with Crippen LogP contribution in [0.1, 0.15) is 18.9 Å². The van der Waals surface area contributed by atoms with Crippen molar-refractivity contribution in [3.63, 3.8) is 0 Å². The fourth-order valence-corrected chi connectivity index (χ4v) is 2.93. The smallest absolute Gasteiger partial charge is 0.222 e. The maximum Gasteiger partial charge on any atom is 0.222 e. The van der Waals surface area contributed by atoms with Gasteiger partial charge in [0.2, 0.25) is 5.91 Å². The van der Waals surface area contributed by atoms with E-state index in [0.29, 0.717) is 6.54 Å². The average Bonchev–Trinajstić information content (AvgIpc) is 2.84. The summed E-state index contributed by atoms with van der Waals surface area (Å²) in [6, 6.07) is 7.93. The number of rotatable bonds is 4. The van der Waals surface area contributed by atoms with Crippen LogP contribution in [0.2, 0.25) is 0 Å². The average molecular weight is 248 g/mol. The van der Waals surface area contributed by atoms with E-state index in [9.17, 15) is 4.79 Å². The molecule has 4 heteroatoms. The van der Waals surface area contributed by atoms with Crippen LogP contribution >= 0.6 is 0 Å². The molecule has 0 aromatic heterocycles. The molecule has 18 heavy (non-hydrogen) atoms. The molecule has 1 fully saturated rings. The molecule has 2 unspecified atom stereocenters. The Bertz CT molecular complexity index is 430. The van der Waals surface area contributed by atoms with Crippen LogP contribution in [0.4, 0.5) is 0 Å². The van der Waals surface area contributed by atoms with Gasteiger partial charge < -0.3 is 15.8 Å². The van der Waals surface area contributed by atoms with Crippen molar-refractivity contribution in [2.24, 2.45) is 11.7 Å². The fraction of sp³-hybridized carbons (Fsp3) is 0.500. The molecular formula is C14H20N2O2. The molecule has 98 valence electrons. The molecular weight excluding hydrogens is 228 g/mol. The minimum absolute atomic E-state index is 0.143. The maximum absolute atomic E-state index is 11.6. The lowest BCUT2D eigenvalue weighted by atomic mass is 9.70. The van der Waals surface area contributed by atoms with E-state index < -0.39 is 0 Å². The summed E-state index contributed by atoms with van der Waals surface area (Å²) < 4.78 is 5.17. The molecule has 1 aliphatic rings. The van der Waals surface area contributed by atoms with E-state index in [1.54, 1.807) is 7.11 Å². The van der Waals surface area contributed by atoms with Gasteiger partial charge in [0.15, 0.2) is 0 Å². The third-order valence-electron chi connectivity index (χ3n) is 4.10. The number of hydrogen-bond acceptors (Lipinski definition) is 3. The first-order chi connectivity index (χ1) is 8.64. The van der Waals surface area contributed by atoms with Crippen molar-refractivity contribution in [2.45, 2.75) is 18.8 Å². The second-order valence-corrected chi connectivity index (χ2v) is 4.82. The molecule has 4 nitrogen and oxygen atoms in total. The molecule has 0 aliphatic carbocycles. The first kappa shape index (κ1) is 12.9. The Labute approximate surface area is 108 Å². The van der Waals surface area contributed by atoms with Gasteiger partial charge in [-0.15, -0.1) is 0 Å². The fourth-order valence-electron chi connectivity index (χ4n) is 2.93. The number of carbonyl (C=O) groups is 1. The summed E-state index contributed by atoms with van der Waals surface area (Å²) in [6.07, 6.45) is 0.889. The van der Waals surface area contributed by atoms with Gasteiger partial charge in [-0.25, -0.2) is 0 Å². The highest BCUT2D eigenvalue weighted by molar-refractivity contribution is 5.79. The number of hydrogen-bond donors (Lipinski definition) is 2. The Morgan fingerprint density at radius 1 is 1.50 bits per heavy atom. The summed E-state index contributed by atoms with van der Waals surface area (Å²) in [5, 5.41) is 3.29. The molecule has 0 saturated carbocycles. The van der Waals surface area contributed by atoms with Crippen molar-refractivity contribution in [1.82, 2.24) is 5.32 Å². The van der Waals surface area contributed by atoms with Gasteiger partial charge in [-0.2, -0.15) is 0 Å². The van der Waals surface area contributed by atoms with Crippen molar-refractivity contribution in [1.29, 1.82) is 0 Å². The summed E-state index contributed by atoms with van der Waals surface area (Å²) in [5.74, 6) is 0.458. The van der Waals surface area contributed by atoms with Crippen LogP contribution in [0.5, 0.6) is 5.75 Å². The van der Waals surface area contributed by atoms with Gasteiger partial charge >= 0.3 is 0 Å². The maximum atomic E-state index is 11.6. The number of primary amides is 1. The third-order valence-corrected chi connectivity index (χ3v) is 4.10. The first-order valence-corrected chi connectivity index (χ1v) is 6.28. The third kappa shape index (κ3) is 1.97. The number of nitrogens with two attached hydrogens (primary N) is 1. The van der Waals surface area contributed by atoms with Gasteiger partial charge in [-0.3, -0.25) is 4.79 Å². The zero-order valence-electron chi connectivity index (χ0n) is 10.9. The zero-order chi connectivity index (χ0) is 13.2. The lowest BCUT2D eigenvalue weighted by Gasteiger charge is -2.32. The molecule has 0 radical (unpaired) electrons. The van der Waals surface area contributed by atoms with Gasteiger partial charge in [0, 0.05) is 18.5 Å². The first-order valence-electron chi connectivity index (χ1n) is 6.28. The van der Waals surface area contributed by atoms with Crippen molar-refractivity contribution < 1.29 is 9.53 Å². The van der Waals surface area contributed by atoms with Gasteiger partial charge in [0.05, 0.1) is 13.0 Å². The summed E-state index contributed by atoms with van der Waals surface area (Å²) in [4.78, 5) is 11.6. The molecule has 2 atom stereocenters. The van der Waals surface area contributed by atoms with Crippen molar-refractivity contribution in [2.75, 3.05) is 20.2 Å². The number of methoxy groups -OCH3 is 1. The molecule has 2 rings (SSSR count). The Hall–Kier alpha value is -1.55. The lowest BCUT2D eigenvalue weighted by Crippen LogP contribution is -2.41. The minimum Gasteiger partial charge on any atom is -0.497 e. The van der Waals surface area contributed by atoms with Crippen LogP contribution in [0, 0.1) is 5.92 Å². The van der Waals surface area contributed by atoms with Crippen LogP contribution in [-0.2, 0) is 10.2 Å². The molecule has 3 N–H and O–H groups in total. The van der Waals surface area contributed by atoms with Crippen LogP contribution < -0.4 is 15.8 Å². The number of amides is 1. The van der Waals surface area contributed by atoms with E-state index >= 15 is 0 Å². The number of nitrogens with one attached hydrogen (secondary N) is 1. The predicted octanol–water partition coefficient (Wildman–Crippen LogP) is 1.05. The summed E-state index contributed by atoms with van der Waals surface area (Å²) >= 11 is 0. The Balaban J connectivity index is 2.39.